The van der Waals surface area contributed by atoms with Crippen LogP contribution < -0.4 is 0 Å². The highest BCUT2D eigenvalue weighted by atomic mass is 15.3. The number of aryl methyl sites for hydroxylation is 3. The van der Waals surface area contributed by atoms with Crippen LogP contribution in [0.3, 0.4) is 0 Å². The van der Waals surface area contributed by atoms with Gasteiger partial charge < -0.3 is 0 Å². The van der Waals surface area contributed by atoms with Crippen LogP contribution in [0.15, 0.2) is 36.8 Å². The summed E-state index contributed by atoms with van der Waals surface area (Å²) < 4.78 is 5.66. The summed E-state index contributed by atoms with van der Waals surface area (Å²) in [5, 5.41) is 13.7. The molecule has 4 aromatic heterocycles. The van der Waals surface area contributed by atoms with Crippen LogP contribution in [0.2, 0.25) is 0 Å². The molecule has 5 rings (SSSR count). The van der Waals surface area contributed by atoms with Crippen LogP contribution in [-0.2, 0) is 14.1 Å². The normalized spacial score (nSPS) is 19.6. The summed E-state index contributed by atoms with van der Waals surface area (Å²) in [6, 6.07) is 6.17. The molecular formula is C18H19N7. The molecule has 1 fully saturated rings. The Morgan fingerprint density at radius 1 is 1.08 bits per heavy atom. The Labute approximate surface area is 144 Å². The van der Waals surface area contributed by atoms with E-state index in [1.54, 1.807) is 0 Å². The molecule has 126 valence electrons. The lowest BCUT2D eigenvalue weighted by Gasteiger charge is -2.02. The fourth-order valence-electron chi connectivity index (χ4n) is 3.56. The smallest absolute Gasteiger partial charge is 0.153 e. The van der Waals surface area contributed by atoms with Gasteiger partial charge in [-0.1, -0.05) is 0 Å². The Kier molecular flexibility index (Phi) is 2.89. The Hall–Kier alpha value is -2.96. The van der Waals surface area contributed by atoms with Gasteiger partial charge in [-0.05, 0) is 43.0 Å². The summed E-state index contributed by atoms with van der Waals surface area (Å²) in [6.45, 7) is 2.01. The predicted molar refractivity (Wildman–Crippen MR) is 93.2 cm³/mol. The first-order valence-electron chi connectivity index (χ1n) is 8.44. The van der Waals surface area contributed by atoms with Crippen LogP contribution in [0, 0.1) is 6.92 Å². The van der Waals surface area contributed by atoms with Crippen molar-refractivity contribution in [1.29, 1.82) is 0 Å². The highest BCUT2D eigenvalue weighted by Crippen LogP contribution is 2.54. The van der Waals surface area contributed by atoms with Gasteiger partial charge in [0.05, 0.1) is 29.5 Å². The maximum Gasteiger partial charge on any atom is 0.153 e. The van der Waals surface area contributed by atoms with Crippen molar-refractivity contribution in [2.24, 2.45) is 14.1 Å². The molecular weight excluding hydrogens is 314 g/mol. The Morgan fingerprint density at radius 2 is 1.96 bits per heavy atom. The van der Waals surface area contributed by atoms with E-state index < -0.39 is 0 Å². The van der Waals surface area contributed by atoms with Gasteiger partial charge in [-0.15, -0.1) is 0 Å². The first-order valence-corrected chi connectivity index (χ1v) is 8.44. The minimum absolute atomic E-state index is 0.475. The van der Waals surface area contributed by atoms with Crippen molar-refractivity contribution in [2.75, 3.05) is 0 Å². The maximum absolute atomic E-state index is 4.75. The zero-order valence-corrected chi connectivity index (χ0v) is 14.5. The third-order valence-electron chi connectivity index (χ3n) is 5.02. The van der Waals surface area contributed by atoms with Crippen molar-refractivity contribution in [3.8, 4) is 11.4 Å². The number of hydrogen-bond acceptors (Lipinski definition) is 4. The van der Waals surface area contributed by atoms with Crippen LogP contribution in [-0.4, -0.2) is 34.2 Å². The third-order valence-corrected chi connectivity index (χ3v) is 5.02. The molecule has 0 aromatic carbocycles. The van der Waals surface area contributed by atoms with Crippen molar-refractivity contribution in [3.63, 3.8) is 0 Å². The first-order chi connectivity index (χ1) is 12.1. The standard InChI is InChI=1S/C18H19N7/c1-11-8-19-18-5-4-15(22-25(11)18)17-7-16(21-24(17)3)14-6-13(14)12-9-20-23(2)10-12/h4-5,7-10,13-14H,6H2,1-3H3. The van der Waals surface area contributed by atoms with E-state index in [-0.39, 0.29) is 0 Å². The van der Waals surface area contributed by atoms with Gasteiger partial charge in [-0.3, -0.25) is 9.36 Å². The predicted octanol–water partition coefficient (Wildman–Crippen LogP) is 2.44. The first kappa shape index (κ1) is 14.4. The Morgan fingerprint density at radius 3 is 2.76 bits per heavy atom. The van der Waals surface area contributed by atoms with Gasteiger partial charge in [0, 0.05) is 26.2 Å². The molecule has 0 aliphatic heterocycles. The van der Waals surface area contributed by atoms with E-state index in [9.17, 15) is 0 Å². The van der Waals surface area contributed by atoms with E-state index in [4.69, 9.17) is 10.2 Å². The van der Waals surface area contributed by atoms with Crippen LogP contribution >= 0.6 is 0 Å². The minimum atomic E-state index is 0.475. The molecule has 2 atom stereocenters. The van der Waals surface area contributed by atoms with Crippen LogP contribution in [0.25, 0.3) is 17.0 Å². The van der Waals surface area contributed by atoms with Gasteiger partial charge in [-0.2, -0.15) is 15.3 Å². The molecule has 0 N–H and O–H groups in total. The number of aromatic nitrogens is 7. The summed E-state index contributed by atoms with van der Waals surface area (Å²) in [4.78, 5) is 4.33. The number of fused-ring (bicyclic) bond motifs is 1. The van der Waals surface area contributed by atoms with Crippen LogP contribution in [0.4, 0.5) is 0 Å². The molecule has 7 nitrogen and oxygen atoms in total. The Bertz CT molecular complexity index is 1080. The molecule has 1 saturated carbocycles. The summed E-state index contributed by atoms with van der Waals surface area (Å²) in [5.74, 6) is 1.01. The van der Waals surface area contributed by atoms with E-state index in [0.717, 1.165) is 34.8 Å². The summed E-state index contributed by atoms with van der Waals surface area (Å²) in [5.41, 5.74) is 6.26. The second-order valence-electron chi connectivity index (χ2n) is 6.86. The summed E-state index contributed by atoms with van der Waals surface area (Å²) >= 11 is 0. The zero-order chi connectivity index (χ0) is 17.1. The largest absolute Gasteiger partial charge is 0.276 e. The molecule has 4 heterocycles. The third kappa shape index (κ3) is 2.26. The quantitative estimate of drug-likeness (QED) is 0.577. The number of rotatable bonds is 3. The van der Waals surface area contributed by atoms with Gasteiger partial charge in [0.15, 0.2) is 5.65 Å². The second kappa shape index (κ2) is 5.02. The highest BCUT2D eigenvalue weighted by molar-refractivity contribution is 5.58. The molecule has 0 spiro atoms. The second-order valence-corrected chi connectivity index (χ2v) is 6.86. The number of hydrogen-bond donors (Lipinski definition) is 0. The molecule has 25 heavy (non-hydrogen) atoms. The van der Waals surface area contributed by atoms with Crippen molar-refractivity contribution >= 4 is 5.65 Å². The molecule has 0 saturated heterocycles. The van der Waals surface area contributed by atoms with Crippen molar-refractivity contribution < 1.29 is 0 Å². The molecule has 0 radical (unpaired) electrons. The van der Waals surface area contributed by atoms with Crippen molar-refractivity contribution in [3.05, 3.63) is 53.7 Å². The Balaban J connectivity index is 1.48. The van der Waals surface area contributed by atoms with Gasteiger partial charge in [0.2, 0.25) is 0 Å². The van der Waals surface area contributed by atoms with Gasteiger partial charge in [-0.25, -0.2) is 9.50 Å². The van der Waals surface area contributed by atoms with Crippen LogP contribution in [0.1, 0.15) is 35.2 Å². The van der Waals surface area contributed by atoms with Crippen molar-refractivity contribution in [1.82, 2.24) is 34.2 Å². The lowest BCUT2D eigenvalue weighted by Crippen LogP contribution is -2.00. The fraction of sp³-hybridized carbons (Fsp3) is 0.333. The molecule has 7 heteroatoms. The van der Waals surface area contributed by atoms with E-state index in [1.165, 1.54) is 5.56 Å². The molecule has 2 unspecified atom stereocenters. The SMILES string of the molecule is Cc1cnc2ccc(-c3cc(C4CC4c4cnn(C)c4)nn3C)nn12. The lowest BCUT2D eigenvalue weighted by atomic mass is 10.1. The van der Waals surface area contributed by atoms with E-state index in [0.29, 0.717) is 11.8 Å². The average Bonchev–Trinajstić information content (AvgIpc) is 2.91. The van der Waals surface area contributed by atoms with Gasteiger partial charge in [0.1, 0.15) is 5.69 Å². The van der Waals surface area contributed by atoms with E-state index >= 15 is 0 Å². The molecule has 0 amide bonds. The van der Waals surface area contributed by atoms with Gasteiger partial charge in [0.25, 0.3) is 0 Å². The molecule has 1 aliphatic carbocycles. The topological polar surface area (TPSA) is 65.8 Å². The van der Waals surface area contributed by atoms with Crippen molar-refractivity contribution in [2.45, 2.75) is 25.2 Å². The number of imidazole rings is 1. The van der Waals surface area contributed by atoms with E-state index in [2.05, 4.69) is 22.3 Å². The monoisotopic (exact) mass is 333 g/mol. The molecule has 1 aliphatic rings. The molecule has 4 aromatic rings. The highest BCUT2D eigenvalue weighted by Gasteiger charge is 2.42. The lowest BCUT2D eigenvalue weighted by molar-refractivity contribution is 0.741. The van der Waals surface area contributed by atoms with E-state index in [1.807, 2.05) is 59.4 Å². The maximum atomic E-state index is 4.75. The van der Waals surface area contributed by atoms with Gasteiger partial charge >= 0.3 is 0 Å². The number of nitrogens with zero attached hydrogens (tertiary/aromatic N) is 7. The molecule has 0 bridgehead atoms. The zero-order valence-electron chi connectivity index (χ0n) is 14.5. The summed E-state index contributed by atoms with van der Waals surface area (Å²) in [7, 11) is 3.94. The van der Waals surface area contributed by atoms with Crippen LogP contribution in [0.5, 0.6) is 0 Å². The minimum Gasteiger partial charge on any atom is -0.276 e. The average molecular weight is 333 g/mol. The summed E-state index contributed by atoms with van der Waals surface area (Å²) in [6.07, 6.45) is 7.04. The fourth-order valence-corrected chi connectivity index (χ4v) is 3.56.